The number of piperidine rings is 1. The molecule has 6 heteroatoms. The second-order valence-electron chi connectivity index (χ2n) is 4.64. The second kappa shape index (κ2) is 6.65. The average Bonchev–Trinajstić information content (AvgIpc) is 2.82. The molecule has 1 amide bonds. The van der Waals surface area contributed by atoms with Crippen LogP contribution in [0.1, 0.15) is 30.0 Å². The van der Waals surface area contributed by atoms with E-state index in [1.807, 2.05) is 12.3 Å². The van der Waals surface area contributed by atoms with Crippen LogP contribution < -0.4 is 0 Å². The maximum Gasteiger partial charge on any atom is 0.312 e. The van der Waals surface area contributed by atoms with Gasteiger partial charge in [-0.3, -0.25) is 9.59 Å². The van der Waals surface area contributed by atoms with E-state index in [-0.39, 0.29) is 18.9 Å². The summed E-state index contributed by atoms with van der Waals surface area (Å²) in [4.78, 5) is 29.3. The number of rotatable bonds is 4. The topological polar surface area (TPSA) is 59.5 Å². The van der Waals surface area contributed by atoms with Gasteiger partial charge in [0.05, 0.1) is 17.1 Å². The number of hydrogen-bond donors (Lipinski definition) is 0. The van der Waals surface area contributed by atoms with E-state index in [1.54, 1.807) is 4.90 Å². The third-order valence-electron chi connectivity index (χ3n) is 3.06. The van der Waals surface area contributed by atoms with Gasteiger partial charge in [0.25, 0.3) is 5.91 Å². The van der Waals surface area contributed by atoms with Gasteiger partial charge < -0.3 is 9.64 Å². The summed E-state index contributed by atoms with van der Waals surface area (Å²) in [6, 6.07) is 0. The summed E-state index contributed by atoms with van der Waals surface area (Å²) in [6.07, 6.45) is 3.39. The van der Waals surface area contributed by atoms with Crippen molar-refractivity contribution in [3.05, 3.63) is 16.1 Å². The van der Waals surface area contributed by atoms with Crippen molar-refractivity contribution in [2.24, 2.45) is 0 Å². The summed E-state index contributed by atoms with van der Waals surface area (Å²) in [5.41, 5.74) is 0.706. The van der Waals surface area contributed by atoms with Crippen molar-refractivity contribution in [2.75, 3.05) is 19.7 Å². The molecule has 0 atom stereocenters. The quantitative estimate of drug-likeness (QED) is 0.786. The van der Waals surface area contributed by atoms with Gasteiger partial charge in [-0.05, 0) is 26.2 Å². The molecule has 1 aliphatic heterocycles. The summed E-state index contributed by atoms with van der Waals surface area (Å²) in [5, 5.41) is 2.76. The minimum atomic E-state index is -0.393. The Labute approximate surface area is 116 Å². The molecule has 0 N–H and O–H groups in total. The number of likely N-dealkylation sites (tertiary alicyclic amines) is 1. The van der Waals surface area contributed by atoms with Crippen molar-refractivity contribution < 1.29 is 14.3 Å². The van der Waals surface area contributed by atoms with Crippen LogP contribution in [0.25, 0.3) is 0 Å². The van der Waals surface area contributed by atoms with E-state index < -0.39 is 5.97 Å². The molecule has 1 saturated heterocycles. The highest BCUT2D eigenvalue weighted by Gasteiger charge is 2.18. The first-order chi connectivity index (χ1) is 9.15. The van der Waals surface area contributed by atoms with Gasteiger partial charge in [-0.2, -0.15) is 0 Å². The highest BCUT2D eigenvalue weighted by atomic mass is 32.1. The summed E-state index contributed by atoms with van der Waals surface area (Å²) in [5.74, 6) is -0.488. The van der Waals surface area contributed by atoms with E-state index >= 15 is 0 Å². The molecule has 0 saturated carbocycles. The molecule has 0 bridgehead atoms. The number of carbonyl (C=O) groups is 2. The van der Waals surface area contributed by atoms with E-state index in [0.29, 0.717) is 5.69 Å². The van der Waals surface area contributed by atoms with E-state index in [9.17, 15) is 9.59 Å². The molecule has 0 spiro atoms. The molecule has 1 aromatic rings. The number of esters is 1. The van der Waals surface area contributed by atoms with Gasteiger partial charge >= 0.3 is 5.97 Å². The van der Waals surface area contributed by atoms with Gasteiger partial charge in [-0.1, -0.05) is 0 Å². The van der Waals surface area contributed by atoms with E-state index in [1.165, 1.54) is 17.8 Å². The molecular weight excluding hydrogens is 264 g/mol. The predicted octanol–water partition coefficient (Wildman–Crippen LogP) is 1.55. The van der Waals surface area contributed by atoms with E-state index in [4.69, 9.17) is 4.74 Å². The molecule has 1 aliphatic rings. The van der Waals surface area contributed by atoms with Crippen molar-refractivity contribution >= 4 is 23.2 Å². The third kappa shape index (κ3) is 4.31. The Hall–Kier alpha value is -1.43. The Morgan fingerprint density at radius 1 is 1.37 bits per heavy atom. The Kier molecular flexibility index (Phi) is 4.90. The normalized spacial score (nSPS) is 15.3. The second-order valence-corrected chi connectivity index (χ2v) is 5.70. The van der Waals surface area contributed by atoms with Crippen molar-refractivity contribution in [3.63, 3.8) is 0 Å². The lowest BCUT2D eigenvalue weighted by molar-refractivity contribution is -0.151. The lowest BCUT2D eigenvalue weighted by Gasteiger charge is -2.26. The monoisotopic (exact) mass is 282 g/mol. The summed E-state index contributed by atoms with van der Waals surface area (Å²) < 4.78 is 5.00. The van der Waals surface area contributed by atoms with Crippen LogP contribution in [0.3, 0.4) is 0 Å². The summed E-state index contributed by atoms with van der Waals surface area (Å²) in [7, 11) is 0. The summed E-state index contributed by atoms with van der Waals surface area (Å²) >= 11 is 1.50. The molecule has 2 heterocycles. The molecule has 0 unspecified atom stereocenters. The molecule has 0 aromatic carbocycles. The van der Waals surface area contributed by atoms with Crippen LogP contribution in [-0.2, 0) is 20.7 Å². The standard InChI is InChI=1S/C13H18N2O3S/c1-10-14-11(9-19-10)7-13(17)18-8-12(16)15-5-3-2-4-6-15/h9H,2-8H2,1H3. The highest BCUT2D eigenvalue weighted by molar-refractivity contribution is 7.09. The molecule has 1 fully saturated rings. The van der Waals surface area contributed by atoms with Crippen LogP contribution in [0.15, 0.2) is 5.38 Å². The zero-order valence-electron chi connectivity index (χ0n) is 11.1. The smallest absolute Gasteiger partial charge is 0.312 e. The molecule has 2 rings (SSSR count). The maximum atomic E-state index is 11.8. The predicted molar refractivity (Wildman–Crippen MR) is 71.9 cm³/mol. The fraction of sp³-hybridized carbons (Fsp3) is 0.615. The SMILES string of the molecule is Cc1nc(CC(=O)OCC(=O)N2CCCCC2)cs1. The van der Waals surface area contributed by atoms with Crippen LogP contribution in [-0.4, -0.2) is 41.5 Å². The van der Waals surface area contributed by atoms with E-state index in [2.05, 4.69) is 4.98 Å². The highest BCUT2D eigenvalue weighted by Crippen LogP contribution is 2.10. The van der Waals surface area contributed by atoms with Crippen LogP contribution >= 0.6 is 11.3 Å². The van der Waals surface area contributed by atoms with Crippen molar-refractivity contribution in [2.45, 2.75) is 32.6 Å². The average molecular weight is 282 g/mol. The minimum absolute atomic E-state index is 0.0949. The lowest BCUT2D eigenvalue weighted by Crippen LogP contribution is -2.38. The Balaban J connectivity index is 1.72. The Bertz CT molecular complexity index is 452. The number of ether oxygens (including phenoxy) is 1. The van der Waals surface area contributed by atoms with Crippen LogP contribution in [0, 0.1) is 6.92 Å². The zero-order valence-corrected chi connectivity index (χ0v) is 11.9. The first-order valence-electron chi connectivity index (χ1n) is 6.49. The number of hydrogen-bond acceptors (Lipinski definition) is 5. The van der Waals surface area contributed by atoms with Crippen molar-refractivity contribution in [1.29, 1.82) is 0 Å². The molecule has 1 aromatic heterocycles. The Morgan fingerprint density at radius 2 is 2.11 bits per heavy atom. The van der Waals surface area contributed by atoms with Crippen LogP contribution in [0.5, 0.6) is 0 Å². The molecule has 0 aliphatic carbocycles. The number of aryl methyl sites for hydroxylation is 1. The first kappa shape index (κ1) is 14.0. The number of nitrogens with zero attached hydrogens (tertiary/aromatic N) is 2. The fourth-order valence-corrected chi connectivity index (χ4v) is 2.68. The number of amides is 1. The largest absolute Gasteiger partial charge is 0.455 e. The van der Waals surface area contributed by atoms with Gasteiger partial charge in [-0.15, -0.1) is 11.3 Å². The summed E-state index contributed by atoms with van der Waals surface area (Å²) in [6.45, 7) is 3.30. The van der Waals surface area contributed by atoms with Crippen LogP contribution in [0.4, 0.5) is 0 Å². The van der Waals surface area contributed by atoms with E-state index in [0.717, 1.165) is 30.9 Å². The van der Waals surface area contributed by atoms with Gasteiger partial charge in [0.2, 0.25) is 0 Å². The first-order valence-corrected chi connectivity index (χ1v) is 7.37. The van der Waals surface area contributed by atoms with Gasteiger partial charge in [0, 0.05) is 18.5 Å². The fourth-order valence-electron chi connectivity index (χ4n) is 2.07. The number of aromatic nitrogens is 1. The van der Waals surface area contributed by atoms with Gasteiger partial charge in [0.15, 0.2) is 6.61 Å². The lowest BCUT2D eigenvalue weighted by atomic mass is 10.1. The molecule has 19 heavy (non-hydrogen) atoms. The van der Waals surface area contributed by atoms with Crippen molar-refractivity contribution in [1.82, 2.24) is 9.88 Å². The zero-order chi connectivity index (χ0) is 13.7. The van der Waals surface area contributed by atoms with Gasteiger partial charge in [-0.25, -0.2) is 4.98 Å². The molecule has 5 nitrogen and oxygen atoms in total. The Morgan fingerprint density at radius 3 is 2.74 bits per heavy atom. The maximum absolute atomic E-state index is 11.8. The minimum Gasteiger partial charge on any atom is -0.455 e. The molecular formula is C13H18N2O3S. The molecule has 0 radical (unpaired) electrons. The molecule has 104 valence electrons. The van der Waals surface area contributed by atoms with Crippen LogP contribution in [0.2, 0.25) is 0 Å². The van der Waals surface area contributed by atoms with Crippen molar-refractivity contribution in [3.8, 4) is 0 Å². The number of thiazole rings is 1. The third-order valence-corrected chi connectivity index (χ3v) is 3.88. The van der Waals surface area contributed by atoms with Gasteiger partial charge in [0.1, 0.15) is 0 Å². The number of carbonyl (C=O) groups excluding carboxylic acids is 2.